The van der Waals surface area contributed by atoms with Crippen LogP contribution in [0, 0.1) is 5.92 Å². The predicted molar refractivity (Wildman–Crippen MR) is 129 cm³/mol. The SMILES string of the molecule is CC(C)CC(C(=O)NC1CCCC1)N(C(=O)Cn1nnc(-c2cccs2)n1)c1ccccc1. The number of hydrogen-bond acceptors (Lipinski definition) is 6. The van der Waals surface area contributed by atoms with E-state index >= 15 is 0 Å². The van der Waals surface area contributed by atoms with Crippen molar-refractivity contribution in [1.82, 2.24) is 25.5 Å². The number of nitrogens with zero attached hydrogens (tertiary/aromatic N) is 5. The summed E-state index contributed by atoms with van der Waals surface area (Å²) in [5, 5.41) is 17.7. The number of nitrogens with one attached hydrogen (secondary N) is 1. The number of amides is 2. The Hall–Kier alpha value is -3.07. The summed E-state index contributed by atoms with van der Waals surface area (Å²) in [6.07, 6.45) is 4.81. The molecule has 1 atom stereocenters. The van der Waals surface area contributed by atoms with Crippen molar-refractivity contribution < 1.29 is 9.59 Å². The van der Waals surface area contributed by atoms with E-state index < -0.39 is 6.04 Å². The van der Waals surface area contributed by atoms with Crippen LogP contribution in [0.2, 0.25) is 0 Å². The van der Waals surface area contributed by atoms with Crippen LogP contribution in [-0.2, 0) is 16.1 Å². The first-order valence-electron chi connectivity index (χ1n) is 11.5. The van der Waals surface area contributed by atoms with Gasteiger partial charge in [-0.15, -0.1) is 21.5 Å². The van der Waals surface area contributed by atoms with E-state index in [1.807, 2.05) is 47.8 Å². The lowest BCUT2D eigenvalue weighted by Gasteiger charge is -2.33. The number of carbonyl (C=O) groups is 2. The minimum Gasteiger partial charge on any atom is -0.352 e. The molecule has 0 radical (unpaired) electrons. The van der Waals surface area contributed by atoms with Crippen LogP contribution in [-0.4, -0.2) is 44.1 Å². The van der Waals surface area contributed by atoms with Gasteiger partial charge in [-0.05, 0) is 54.0 Å². The molecule has 2 aromatic heterocycles. The summed E-state index contributed by atoms with van der Waals surface area (Å²) in [5.41, 5.74) is 0.688. The van der Waals surface area contributed by atoms with Gasteiger partial charge in [-0.2, -0.15) is 4.80 Å². The van der Waals surface area contributed by atoms with E-state index in [9.17, 15) is 9.59 Å². The van der Waals surface area contributed by atoms with Crippen LogP contribution in [0.4, 0.5) is 5.69 Å². The third-order valence-electron chi connectivity index (χ3n) is 5.78. The molecular formula is C24H30N6O2S. The molecule has 0 bridgehead atoms. The van der Waals surface area contributed by atoms with Crippen molar-refractivity contribution in [3.8, 4) is 10.7 Å². The van der Waals surface area contributed by atoms with Crippen molar-refractivity contribution in [3.63, 3.8) is 0 Å². The number of benzene rings is 1. The summed E-state index contributed by atoms with van der Waals surface area (Å²) in [6, 6.07) is 12.8. The molecule has 1 aromatic carbocycles. The Bertz CT molecular complexity index is 1040. The molecule has 1 saturated carbocycles. The number of thiophene rings is 1. The largest absolute Gasteiger partial charge is 0.352 e. The molecule has 174 valence electrons. The van der Waals surface area contributed by atoms with Gasteiger partial charge < -0.3 is 5.32 Å². The molecule has 1 aliphatic rings. The smallest absolute Gasteiger partial charge is 0.251 e. The van der Waals surface area contributed by atoms with Crippen molar-refractivity contribution in [2.45, 2.75) is 64.6 Å². The first-order chi connectivity index (χ1) is 16.0. The highest BCUT2D eigenvalue weighted by Gasteiger charge is 2.33. The van der Waals surface area contributed by atoms with Gasteiger partial charge in [0.05, 0.1) is 4.88 Å². The Labute approximate surface area is 198 Å². The van der Waals surface area contributed by atoms with E-state index in [4.69, 9.17) is 0 Å². The molecule has 0 spiro atoms. The van der Waals surface area contributed by atoms with Crippen molar-refractivity contribution in [1.29, 1.82) is 0 Å². The lowest BCUT2D eigenvalue weighted by atomic mass is 10.00. The van der Waals surface area contributed by atoms with E-state index in [2.05, 4.69) is 34.6 Å². The zero-order chi connectivity index (χ0) is 23.2. The van der Waals surface area contributed by atoms with E-state index in [-0.39, 0.29) is 30.3 Å². The lowest BCUT2D eigenvalue weighted by Crippen LogP contribution is -2.53. The Morgan fingerprint density at radius 3 is 2.58 bits per heavy atom. The second kappa shape index (κ2) is 10.7. The van der Waals surface area contributed by atoms with Gasteiger partial charge in [0.25, 0.3) is 5.91 Å². The van der Waals surface area contributed by atoms with Crippen molar-refractivity contribution in [2.24, 2.45) is 5.92 Å². The third kappa shape index (κ3) is 5.84. The topological polar surface area (TPSA) is 93.0 Å². The maximum absolute atomic E-state index is 13.6. The number of rotatable bonds is 9. The number of aromatic nitrogens is 4. The zero-order valence-corrected chi connectivity index (χ0v) is 19.9. The molecule has 0 aliphatic heterocycles. The number of anilines is 1. The number of carbonyl (C=O) groups excluding carboxylic acids is 2. The molecule has 8 nitrogen and oxygen atoms in total. The Morgan fingerprint density at radius 1 is 1.15 bits per heavy atom. The van der Waals surface area contributed by atoms with Gasteiger partial charge in [-0.1, -0.05) is 51.0 Å². The normalized spacial score (nSPS) is 15.0. The molecule has 0 saturated heterocycles. The fourth-order valence-electron chi connectivity index (χ4n) is 4.24. The Kier molecular flexibility index (Phi) is 7.49. The Morgan fingerprint density at radius 2 is 1.91 bits per heavy atom. The van der Waals surface area contributed by atoms with Crippen LogP contribution in [0.5, 0.6) is 0 Å². The highest BCUT2D eigenvalue weighted by Crippen LogP contribution is 2.24. The molecule has 2 amide bonds. The summed E-state index contributed by atoms with van der Waals surface area (Å²) < 4.78 is 0. The van der Waals surface area contributed by atoms with Crippen LogP contribution in [0.25, 0.3) is 10.7 Å². The standard InChI is InChI=1S/C24H30N6O2S/c1-17(2)15-20(24(32)25-18-9-6-7-10-18)30(19-11-4-3-5-12-19)22(31)16-29-27-23(26-28-29)21-13-8-14-33-21/h3-5,8,11-14,17-18,20H,6-7,9-10,15-16H2,1-2H3,(H,25,32). The highest BCUT2D eigenvalue weighted by atomic mass is 32.1. The van der Waals surface area contributed by atoms with Gasteiger partial charge in [-0.25, -0.2) is 0 Å². The van der Waals surface area contributed by atoms with Gasteiger partial charge in [0.1, 0.15) is 12.6 Å². The minimum absolute atomic E-state index is 0.0985. The van der Waals surface area contributed by atoms with Crippen LogP contribution in [0.1, 0.15) is 46.0 Å². The predicted octanol–water partition coefficient (Wildman–Crippen LogP) is 3.91. The maximum Gasteiger partial charge on any atom is 0.251 e. The number of para-hydroxylation sites is 1. The van der Waals surface area contributed by atoms with Gasteiger partial charge in [0, 0.05) is 11.7 Å². The average molecular weight is 467 g/mol. The summed E-state index contributed by atoms with van der Waals surface area (Å²) in [5.74, 6) is 0.377. The minimum atomic E-state index is -0.610. The fourth-order valence-corrected chi connectivity index (χ4v) is 4.89. The molecule has 2 heterocycles. The summed E-state index contributed by atoms with van der Waals surface area (Å²) in [4.78, 5) is 30.8. The first kappa shape index (κ1) is 23.1. The summed E-state index contributed by atoms with van der Waals surface area (Å²) >= 11 is 1.52. The summed E-state index contributed by atoms with van der Waals surface area (Å²) in [7, 11) is 0. The van der Waals surface area contributed by atoms with Gasteiger partial charge in [0.15, 0.2) is 0 Å². The zero-order valence-electron chi connectivity index (χ0n) is 19.1. The van der Waals surface area contributed by atoms with Crippen LogP contribution >= 0.6 is 11.3 Å². The molecule has 1 N–H and O–H groups in total. The second-order valence-corrected chi connectivity index (χ2v) is 9.80. The second-order valence-electron chi connectivity index (χ2n) is 8.86. The molecule has 3 aromatic rings. The lowest BCUT2D eigenvalue weighted by molar-refractivity contribution is -0.127. The van der Waals surface area contributed by atoms with Gasteiger partial charge in [-0.3, -0.25) is 14.5 Å². The molecule has 4 rings (SSSR count). The number of hydrogen-bond donors (Lipinski definition) is 1. The van der Waals surface area contributed by atoms with E-state index in [1.54, 1.807) is 4.90 Å². The summed E-state index contributed by atoms with van der Waals surface area (Å²) in [6.45, 7) is 4.03. The quantitative estimate of drug-likeness (QED) is 0.516. The first-order valence-corrected chi connectivity index (χ1v) is 12.4. The molecular weight excluding hydrogens is 436 g/mol. The molecule has 9 heteroatoms. The molecule has 1 aliphatic carbocycles. The van der Waals surface area contributed by atoms with Crippen molar-refractivity contribution in [2.75, 3.05) is 4.90 Å². The van der Waals surface area contributed by atoms with Crippen LogP contribution < -0.4 is 10.2 Å². The molecule has 1 unspecified atom stereocenters. The molecule has 33 heavy (non-hydrogen) atoms. The van der Waals surface area contributed by atoms with E-state index in [0.29, 0.717) is 17.9 Å². The number of tetrazole rings is 1. The van der Waals surface area contributed by atoms with Crippen LogP contribution in [0.3, 0.4) is 0 Å². The van der Waals surface area contributed by atoms with Crippen molar-refractivity contribution in [3.05, 3.63) is 47.8 Å². The van der Waals surface area contributed by atoms with Crippen LogP contribution in [0.15, 0.2) is 47.8 Å². The average Bonchev–Trinajstić information content (AvgIpc) is 3.56. The van der Waals surface area contributed by atoms with E-state index in [0.717, 1.165) is 30.6 Å². The molecule has 1 fully saturated rings. The van der Waals surface area contributed by atoms with E-state index in [1.165, 1.54) is 16.1 Å². The monoisotopic (exact) mass is 466 g/mol. The Balaban J connectivity index is 1.59. The fraction of sp³-hybridized carbons (Fsp3) is 0.458. The maximum atomic E-state index is 13.6. The highest BCUT2D eigenvalue weighted by molar-refractivity contribution is 7.13. The van der Waals surface area contributed by atoms with Crippen molar-refractivity contribution >= 4 is 28.8 Å². The van der Waals surface area contributed by atoms with Gasteiger partial charge in [0.2, 0.25) is 11.7 Å². The van der Waals surface area contributed by atoms with Gasteiger partial charge >= 0.3 is 0 Å². The third-order valence-corrected chi connectivity index (χ3v) is 6.65.